The van der Waals surface area contributed by atoms with Crippen molar-refractivity contribution in [3.05, 3.63) is 95.1 Å². The molecule has 0 unspecified atom stereocenters. The van der Waals surface area contributed by atoms with Gasteiger partial charge in [-0.1, -0.05) is 24.3 Å². The summed E-state index contributed by atoms with van der Waals surface area (Å²) in [5, 5.41) is 9.03. The molecule has 5 heteroatoms. The zero-order valence-electron chi connectivity index (χ0n) is 14.7. The summed E-state index contributed by atoms with van der Waals surface area (Å²) in [6, 6.07) is 21.8. The Morgan fingerprint density at radius 2 is 1.26 bits per heavy atom. The van der Waals surface area contributed by atoms with Crippen molar-refractivity contribution in [2.24, 2.45) is 0 Å². The number of anilines is 2. The van der Waals surface area contributed by atoms with Gasteiger partial charge in [-0.25, -0.2) is 0 Å². The van der Waals surface area contributed by atoms with E-state index >= 15 is 0 Å². The highest BCUT2D eigenvalue weighted by Gasteiger charge is 2.12. The molecule has 3 aromatic carbocycles. The van der Waals surface area contributed by atoms with Crippen LogP contribution >= 0.6 is 0 Å². The molecule has 0 saturated carbocycles. The van der Waals surface area contributed by atoms with Crippen LogP contribution < -0.4 is 16.0 Å². The van der Waals surface area contributed by atoms with Gasteiger partial charge in [-0.15, -0.1) is 0 Å². The summed E-state index contributed by atoms with van der Waals surface area (Å²) in [7, 11) is 0. The lowest BCUT2D eigenvalue weighted by atomic mass is 10.1. The molecule has 1 aliphatic rings. The summed E-state index contributed by atoms with van der Waals surface area (Å²) in [6.45, 7) is 1.70. The van der Waals surface area contributed by atoms with Crippen LogP contribution in [0.1, 0.15) is 31.8 Å². The number of nitrogens with one attached hydrogen (secondary N) is 3. The van der Waals surface area contributed by atoms with E-state index in [-0.39, 0.29) is 11.8 Å². The van der Waals surface area contributed by atoms with Crippen LogP contribution in [0.15, 0.2) is 72.8 Å². The van der Waals surface area contributed by atoms with E-state index in [1.54, 1.807) is 36.4 Å². The molecule has 0 saturated heterocycles. The van der Waals surface area contributed by atoms with Gasteiger partial charge in [0, 0.05) is 35.6 Å². The second-order valence-electron chi connectivity index (χ2n) is 6.44. The first-order chi connectivity index (χ1) is 13.2. The molecule has 2 amide bonds. The number of carbonyl (C=O) groups is 2. The SMILES string of the molecule is O=C(Nc1ccc(C(=O)Nc2ccc3c(c2)CNC3)cc1)c1ccccc1. The van der Waals surface area contributed by atoms with Crippen LogP contribution in [-0.4, -0.2) is 11.8 Å². The van der Waals surface area contributed by atoms with E-state index in [1.807, 2.05) is 36.4 Å². The molecule has 0 atom stereocenters. The minimum absolute atomic E-state index is 0.179. The summed E-state index contributed by atoms with van der Waals surface area (Å²) >= 11 is 0. The number of rotatable bonds is 4. The van der Waals surface area contributed by atoms with E-state index in [1.165, 1.54) is 11.1 Å². The maximum absolute atomic E-state index is 12.5. The van der Waals surface area contributed by atoms with E-state index in [2.05, 4.69) is 16.0 Å². The Bertz CT molecular complexity index is 982. The van der Waals surface area contributed by atoms with Crippen LogP contribution in [0.25, 0.3) is 0 Å². The fraction of sp³-hybridized carbons (Fsp3) is 0.0909. The highest BCUT2D eigenvalue weighted by atomic mass is 16.2. The minimum Gasteiger partial charge on any atom is -0.322 e. The minimum atomic E-state index is -0.181. The molecular weight excluding hydrogens is 338 g/mol. The molecule has 1 aliphatic heterocycles. The van der Waals surface area contributed by atoms with Gasteiger partial charge in [-0.3, -0.25) is 9.59 Å². The van der Waals surface area contributed by atoms with Crippen LogP contribution in [0, 0.1) is 0 Å². The van der Waals surface area contributed by atoms with Crippen molar-refractivity contribution < 1.29 is 9.59 Å². The Kier molecular flexibility index (Phi) is 4.68. The van der Waals surface area contributed by atoms with Gasteiger partial charge in [0.2, 0.25) is 0 Å². The van der Waals surface area contributed by atoms with Crippen molar-refractivity contribution in [3.63, 3.8) is 0 Å². The van der Waals surface area contributed by atoms with Crippen LogP contribution in [0.4, 0.5) is 11.4 Å². The van der Waals surface area contributed by atoms with Crippen molar-refractivity contribution in [3.8, 4) is 0 Å². The Balaban J connectivity index is 1.41. The van der Waals surface area contributed by atoms with E-state index in [4.69, 9.17) is 0 Å². The van der Waals surface area contributed by atoms with Gasteiger partial charge in [-0.2, -0.15) is 0 Å². The monoisotopic (exact) mass is 357 g/mol. The smallest absolute Gasteiger partial charge is 0.255 e. The molecule has 3 N–H and O–H groups in total. The summed E-state index contributed by atoms with van der Waals surface area (Å²) < 4.78 is 0. The van der Waals surface area contributed by atoms with Crippen LogP contribution in [0.3, 0.4) is 0 Å². The van der Waals surface area contributed by atoms with Gasteiger partial charge in [-0.05, 0) is 59.7 Å². The first kappa shape index (κ1) is 17.0. The normalized spacial score (nSPS) is 12.3. The van der Waals surface area contributed by atoms with Crippen molar-refractivity contribution in [2.75, 3.05) is 10.6 Å². The van der Waals surface area contributed by atoms with E-state index in [0.29, 0.717) is 16.8 Å². The molecule has 0 radical (unpaired) electrons. The molecule has 0 spiro atoms. The van der Waals surface area contributed by atoms with Gasteiger partial charge >= 0.3 is 0 Å². The molecular formula is C22H19N3O2. The highest BCUT2D eigenvalue weighted by molar-refractivity contribution is 6.06. The Hall–Kier alpha value is -3.44. The van der Waals surface area contributed by atoms with Gasteiger partial charge in [0.25, 0.3) is 11.8 Å². The number of amides is 2. The van der Waals surface area contributed by atoms with Gasteiger partial charge in [0.1, 0.15) is 0 Å². The topological polar surface area (TPSA) is 70.2 Å². The van der Waals surface area contributed by atoms with Crippen molar-refractivity contribution in [1.29, 1.82) is 0 Å². The Morgan fingerprint density at radius 1 is 0.667 bits per heavy atom. The second kappa shape index (κ2) is 7.43. The standard InChI is InChI=1S/C22H19N3O2/c26-21(15-4-2-1-3-5-15)24-19-9-6-16(7-10-19)22(27)25-20-11-8-17-13-23-14-18(17)12-20/h1-12,23H,13-14H2,(H,24,26)(H,25,27). The lowest BCUT2D eigenvalue weighted by Crippen LogP contribution is -2.13. The van der Waals surface area contributed by atoms with Crippen LogP contribution in [-0.2, 0) is 13.1 Å². The Morgan fingerprint density at radius 3 is 2.00 bits per heavy atom. The number of carbonyl (C=O) groups excluding carboxylic acids is 2. The van der Waals surface area contributed by atoms with Crippen molar-refractivity contribution >= 4 is 23.2 Å². The maximum atomic E-state index is 12.5. The number of benzene rings is 3. The van der Waals surface area contributed by atoms with Crippen molar-refractivity contribution in [2.45, 2.75) is 13.1 Å². The fourth-order valence-electron chi connectivity index (χ4n) is 3.07. The third-order valence-corrected chi connectivity index (χ3v) is 4.54. The predicted octanol–water partition coefficient (Wildman–Crippen LogP) is 3.79. The zero-order chi connectivity index (χ0) is 18.6. The van der Waals surface area contributed by atoms with E-state index < -0.39 is 0 Å². The van der Waals surface area contributed by atoms with Crippen LogP contribution in [0.5, 0.6) is 0 Å². The quantitative estimate of drug-likeness (QED) is 0.665. The lowest BCUT2D eigenvalue weighted by molar-refractivity contribution is 0.102. The fourth-order valence-corrected chi connectivity index (χ4v) is 3.07. The van der Waals surface area contributed by atoms with Gasteiger partial charge < -0.3 is 16.0 Å². The maximum Gasteiger partial charge on any atom is 0.255 e. The van der Waals surface area contributed by atoms with Gasteiger partial charge in [0.05, 0.1) is 0 Å². The average molecular weight is 357 g/mol. The Labute approximate surface area is 157 Å². The summed E-state index contributed by atoms with van der Waals surface area (Å²) in [5.41, 5.74) is 5.03. The predicted molar refractivity (Wildman–Crippen MR) is 106 cm³/mol. The van der Waals surface area contributed by atoms with Crippen LogP contribution in [0.2, 0.25) is 0 Å². The van der Waals surface area contributed by atoms with E-state index in [0.717, 1.165) is 18.8 Å². The summed E-state index contributed by atoms with van der Waals surface area (Å²) in [5.74, 6) is -0.360. The molecule has 134 valence electrons. The zero-order valence-corrected chi connectivity index (χ0v) is 14.7. The highest BCUT2D eigenvalue weighted by Crippen LogP contribution is 2.21. The molecule has 0 bridgehead atoms. The molecule has 0 aliphatic carbocycles. The molecule has 5 nitrogen and oxygen atoms in total. The first-order valence-electron chi connectivity index (χ1n) is 8.79. The number of fused-ring (bicyclic) bond motifs is 1. The van der Waals surface area contributed by atoms with E-state index in [9.17, 15) is 9.59 Å². The molecule has 27 heavy (non-hydrogen) atoms. The van der Waals surface area contributed by atoms with Gasteiger partial charge in [0.15, 0.2) is 0 Å². The number of hydrogen-bond acceptors (Lipinski definition) is 3. The molecule has 0 fully saturated rings. The molecule has 3 aromatic rings. The average Bonchev–Trinajstić information content (AvgIpc) is 3.17. The molecule has 4 rings (SSSR count). The summed E-state index contributed by atoms with van der Waals surface area (Å²) in [6.07, 6.45) is 0. The largest absolute Gasteiger partial charge is 0.322 e. The first-order valence-corrected chi connectivity index (χ1v) is 8.79. The summed E-state index contributed by atoms with van der Waals surface area (Å²) in [4.78, 5) is 24.6. The van der Waals surface area contributed by atoms with Crippen molar-refractivity contribution in [1.82, 2.24) is 5.32 Å². The second-order valence-corrected chi connectivity index (χ2v) is 6.44. The lowest BCUT2D eigenvalue weighted by Gasteiger charge is -2.09. The molecule has 0 aromatic heterocycles. The number of hydrogen-bond donors (Lipinski definition) is 3. The molecule has 1 heterocycles. The third-order valence-electron chi connectivity index (χ3n) is 4.54. The third kappa shape index (κ3) is 3.88.